The lowest BCUT2D eigenvalue weighted by Crippen LogP contribution is -2.70. The van der Waals surface area contributed by atoms with Gasteiger partial charge in [0.05, 0.1) is 47.5 Å². The van der Waals surface area contributed by atoms with Crippen LogP contribution in [-0.4, -0.2) is 192 Å². The van der Waals surface area contributed by atoms with Crippen LogP contribution >= 0.6 is 0 Å². The number of nitrogens with zero attached hydrogens (tertiary/aromatic N) is 2. The Morgan fingerprint density at radius 1 is 0.959 bits per heavy atom. The third-order valence-corrected chi connectivity index (χ3v) is 17.6. The van der Waals surface area contributed by atoms with E-state index in [1.165, 1.54) is 28.0 Å². The molecule has 19 nitrogen and oxygen atoms in total. The fourth-order valence-electron chi connectivity index (χ4n) is 11.2. The standard InChI is InChI=1S/C50H86F3N5O14S/c1-13-38-48(10,63)42(60)33(6)55-27-29(2)25-46(8,62)43(72-45-40(59)37(24-30(3)68-45)57(11)73(65,66)56-36-18-16-35(17-19-36)50(51,52)53)31(4)41(32(5)44(61)70-38)71-39-26-47(9,67-12)49(64,34(7)69-39)28-54-20-23-58-21-14-15-22-58/h16-19,29-34,37-43,45,54-56,59-60,62-64H,13-15,20-28H2,1-12H3/t29-,30-,31+,32-,33-,34+,37+,38-,39+,40-,41+,42-,43-,45+,46-,47-,48-,49+/m1/s1. The van der Waals surface area contributed by atoms with Gasteiger partial charge in [0.15, 0.2) is 12.6 Å². The number of halogens is 3. The molecule has 0 unspecified atom stereocenters. The zero-order valence-electron chi connectivity index (χ0n) is 44.7. The van der Waals surface area contributed by atoms with Gasteiger partial charge < -0.3 is 69.5 Å². The Bertz CT molecular complexity index is 2040. The molecule has 0 aromatic heterocycles. The number of esters is 1. The molecule has 8 N–H and O–H groups in total. The Morgan fingerprint density at radius 2 is 1.59 bits per heavy atom. The number of carbonyl (C=O) groups excluding carboxylic acids is 1. The zero-order chi connectivity index (χ0) is 54.6. The summed E-state index contributed by atoms with van der Waals surface area (Å²) in [6.45, 7) is 20.3. The maximum Gasteiger partial charge on any atom is 0.416 e. The Balaban J connectivity index is 1.51. The van der Waals surface area contributed by atoms with Crippen LogP contribution in [0.1, 0.15) is 113 Å². The monoisotopic (exact) mass is 1070 g/mol. The predicted octanol–water partition coefficient (Wildman–Crippen LogP) is 3.36. The second-order valence-electron chi connectivity index (χ2n) is 22.0. The molecule has 4 aliphatic rings. The molecule has 5 rings (SSSR count). The van der Waals surface area contributed by atoms with Gasteiger partial charge in [-0.05, 0) is 130 Å². The highest BCUT2D eigenvalue weighted by Crippen LogP contribution is 2.43. The van der Waals surface area contributed by atoms with E-state index in [1.54, 1.807) is 48.5 Å². The molecule has 4 saturated heterocycles. The summed E-state index contributed by atoms with van der Waals surface area (Å²) < 4.78 is 109. The number of aliphatic hydroxyl groups is 5. The number of likely N-dealkylation sites (N-methyl/N-ethyl adjacent to an activating group) is 1. The number of carbonyl (C=O) groups is 1. The Labute approximate surface area is 430 Å². The van der Waals surface area contributed by atoms with Gasteiger partial charge >= 0.3 is 22.4 Å². The van der Waals surface area contributed by atoms with Gasteiger partial charge in [0.2, 0.25) is 0 Å². The first kappa shape index (κ1) is 61.5. The number of hydrogen-bond acceptors (Lipinski definition) is 17. The summed E-state index contributed by atoms with van der Waals surface area (Å²) >= 11 is 0. The van der Waals surface area contributed by atoms with E-state index in [0.717, 1.165) is 61.0 Å². The number of anilines is 1. The van der Waals surface area contributed by atoms with Crippen LogP contribution in [0.4, 0.5) is 18.9 Å². The smallest absolute Gasteiger partial charge is 0.416 e. The SMILES string of the molecule is CC[C@H]1OC(=O)[C@H](C)[C@@H](O[C@H]2C[C@@](C)(OC)[C@](O)(CNCCN3CCCC3)[C@H](C)O2)[C@H](C)[C@@H](O[C@@H]2O[C@H](C)C[C@H](N(C)S(=O)(=O)Nc3ccc(C(F)(F)F)cc3)[C@H]2O)[C@](C)(O)C[C@@H](C)CN[C@H](C)[C@@H](O)[C@]1(C)O. The number of cyclic esters (lactones) is 1. The number of hydrogen-bond donors (Lipinski definition) is 8. The fraction of sp³-hybridized carbons (Fsp3) is 0.860. The first-order valence-corrected chi connectivity index (χ1v) is 27.3. The van der Waals surface area contributed by atoms with Gasteiger partial charge in [-0.1, -0.05) is 20.8 Å². The molecule has 18 atom stereocenters. The van der Waals surface area contributed by atoms with Crippen LogP contribution in [0.5, 0.6) is 0 Å². The lowest BCUT2D eigenvalue weighted by Gasteiger charge is -2.53. The molecule has 0 radical (unpaired) electrons. The number of alkyl halides is 3. The largest absolute Gasteiger partial charge is 0.459 e. The van der Waals surface area contributed by atoms with Crippen LogP contribution in [0.2, 0.25) is 0 Å². The quantitative estimate of drug-likeness (QED) is 0.0927. The van der Waals surface area contributed by atoms with Gasteiger partial charge in [-0.3, -0.25) is 9.52 Å². The summed E-state index contributed by atoms with van der Waals surface area (Å²) in [5, 5.41) is 67.2. The number of aliphatic hydroxyl groups excluding tert-OH is 2. The van der Waals surface area contributed by atoms with Crippen LogP contribution in [0.3, 0.4) is 0 Å². The minimum absolute atomic E-state index is 0.0149. The Morgan fingerprint density at radius 3 is 2.18 bits per heavy atom. The third kappa shape index (κ3) is 14.4. The molecule has 4 fully saturated rings. The molecule has 4 heterocycles. The molecule has 1 aromatic rings. The molecule has 0 amide bonds. The van der Waals surface area contributed by atoms with Crippen molar-refractivity contribution in [1.29, 1.82) is 0 Å². The molecular weight excluding hydrogens is 984 g/mol. The molecule has 4 aliphatic heterocycles. The lowest BCUT2D eigenvalue weighted by molar-refractivity contribution is -0.336. The first-order valence-electron chi connectivity index (χ1n) is 25.8. The second kappa shape index (κ2) is 24.6. The van der Waals surface area contributed by atoms with Crippen molar-refractivity contribution in [3.8, 4) is 0 Å². The summed E-state index contributed by atoms with van der Waals surface area (Å²) in [4.78, 5) is 16.9. The minimum atomic E-state index is -4.64. The molecule has 422 valence electrons. The van der Waals surface area contributed by atoms with Gasteiger partial charge in [-0.25, -0.2) is 0 Å². The maximum absolute atomic E-state index is 14.6. The number of methoxy groups -OCH3 is 1. The van der Waals surface area contributed by atoms with E-state index >= 15 is 0 Å². The number of rotatable bonds is 15. The molecule has 23 heteroatoms. The predicted molar refractivity (Wildman–Crippen MR) is 265 cm³/mol. The first-order chi connectivity index (χ1) is 33.8. The molecule has 73 heavy (non-hydrogen) atoms. The summed E-state index contributed by atoms with van der Waals surface area (Å²) in [5.41, 5.74) is -7.72. The van der Waals surface area contributed by atoms with Gasteiger partial charge in [0.25, 0.3) is 0 Å². The van der Waals surface area contributed by atoms with Crippen molar-refractivity contribution in [2.45, 2.75) is 204 Å². The average Bonchev–Trinajstić information content (AvgIpc) is 3.84. The third-order valence-electron chi connectivity index (χ3n) is 16.0. The minimum Gasteiger partial charge on any atom is -0.459 e. The summed E-state index contributed by atoms with van der Waals surface area (Å²) in [7, 11) is -1.84. The maximum atomic E-state index is 14.6. The van der Waals surface area contributed by atoms with Crippen molar-refractivity contribution in [3.05, 3.63) is 29.8 Å². The zero-order valence-corrected chi connectivity index (χ0v) is 45.5. The topological polar surface area (TPSA) is 250 Å². The summed E-state index contributed by atoms with van der Waals surface area (Å²) in [6.07, 6.45) is -13.7. The molecule has 0 aliphatic carbocycles. The molecule has 0 bridgehead atoms. The molecule has 0 spiro atoms. The number of likely N-dealkylation sites (tertiary alicyclic amines) is 1. The number of ether oxygens (including phenoxy) is 6. The van der Waals surface area contributed by atoms with E-state index in [0.29, 0.717) is 6.54 Å². The van der Waals surface area contributed by atoms with Crippen LogP contribution in [0, 0.1) is 17.8 Å². The van der Waals surface area contributed by atoms with Gasteiger partial charge in [-0.2, -0.15) is 25.9 Å². The highest BCUT2D eigenvalue weighted by atomic mass is 32.2. The van der Waals surface area contributed by atoms with Crippen LogP contribution in [-0.2, 0) is 49.6 Å². The van der Waals surface area contributed by atoms with E-state index in [9.17, 15) is 51.9 Å². The van der Waals surface area contributed by atoms with Gasteiger partial charge in [-0.15, -0.1) is 0 Å². The van der Waals surface area contributed by atoms with Gasteiger partial charge in [0.1, 0.15) is 35.1 Å². The molecule has 0 saturated carbocycles. The summed E-state index contributed by atoms with van der Waals surface area (Å²) in [6, 6.07) is 1.49. The number of benzene rings is 1. The van der Waals surface area contributed by atoms with Crippen molar-refractivity contribution >= 4 is 21.9 Å². The Hall–Kier alpha value is -2.33. The second-order valence-corrected chi connectivity index (χ2v) is 23.7. The summed E-state index contributed by atoms with van der Waals surface area (Å²) in [5.74, 6) is -3.42. The van der Waals surface area contributed by atoms with E-state index in [1.807, 2.05) is 6.92 Å². The molecule has 1 aromatic carbocycles. The van der Waals surface area contributed by atoms with E-state index < -0.39 is 130 Å². The van der Waals surface area contributed by atoms with E-state index in [4.69, 9.17) is 28.4 Å². The lowest BCUT2D eigenvalue weighted by atomic mass is 9.75. The Kier molecular flexibility index (Phi) is 20.7. The highest BCUT2D eigenvalue weighted by Gasteiger charge is 2.58. The fourth-order valence-corrected chi connectivity index (χ4v) is 12.4. The van der Waals surface area contributed by atoms with Gasteiger partial charge in [0, 0.05) is 57.9 Å². The molecular formula is C50H86F3N5O14S. The van der Waals surface area contributed by atoms with Crippen molar-refractivity contribution in [2.24, 2.45) is 17.8 Å². The van der Waals surface area contributed by atoms with Crippen LogP contribution < -0.4 is 15.4 Å². The van der Waals surface area contributed by atoms with Crippen molar-refractivity contribution in [1.82, 2.24) is 19.8 Å². The van der Waals surface area contributed by atoms with Crippen LogP contribution in [0.15, 0.2) is 24.3 Å². The van der Waals surface area contributed by atoms with Crippen LogP contribution in [0.25, 0.3) is 0 Å². The van der Waals surface area contributed by atoms with E-state index in [-0.39, 0.29) is 50.4 Å². The average molecular weight is 1070 g/mol. The van der Waals surface area contributed by atoms with E-state index in [2.05, 4.69) is 20.3 Å². The van der Waals surface area contributed by atoms with Crippen molar-refractivity contribution in [3.63, 3.8) is 0 Å². The van der Waals surface area contributed by atoms with Crippen molar-refractivity contribution < 1.29 is 80.3 Å². The van der Waals surface area contributed by atoms with Crippen molar-refractivity contribution in [2.75, 3.05) is 58.1 Å². The highest BCUT2D eigenvalue weighted by molar-refractivity contribution is 7.90. The normalized spacial score (nSPS) is 41.2. The number of nitrogens with one attached hydrogen (secondary N) is 3.